The molecule has 0 unspecified atom stereocenters. The van der Waals surface area contributed by atoms with Gasteiger partial charge >= 0.3 is 7.12 Å². The molecule has 1 aromatic carbocycles. The Balaban J connectivity index is 2.55. The number of hydrogen-bond donors (Lipinski definition) is 2. The van der Waals surface area contributed by atoms with E-state index in [2.05, 4.69) is 5.32 Å². The van der Waals surface area contributed by atoms with Crippen molar-refractivity contribution in [3.05, 3.63) is 21.7 Å². The highest BCUT2D eigenvalue weighted by Gasteiger charge is 2.32. The summed E-state index contributed by atoms with van der Waals surface area (Å²) < 4.78 is 5.08. The van der Waals surface area contributed by atoms with E-state index >= 15 is 0 Å². The highest BCUT2D eigenvalue weighted by molar-refractivity contribution is 6.66. The average molecular weight is 246 g/mol. The zero-order chi connectivity index (χ0) is 11.0. The predicted molar refractivity (Wildman–Crippen MR) is 63.0 cm³/mol. The lowest BCUT2D eigenvalue weighted by Crippen LogP contribution is -2.29. The van der Waals surface area contributed by atoms with Crippen LogP contribution in [-0.2, 0) is 11.3 Å². The largest absolute Gasteiger partial charge is 0.493 e. The molecule has 80 valence electrons. The van der Waals surface area contributed by atoms with Gasteiger partial charge in [-0.3, -0.25) is 0 Å². The average Bonchev–Trinajstić information content (AvgIpc) is 2.54. The van der Waals surface area contributed by atoms with E-state index in [1.807, 2.05) is 6.92 Å². The van der Waals surface area contributed by atoms with Gasteiger partial charge in [0.05, 0.1) is 22.3 Å². The highest BCUT2D eigenvalue weighted by Crippen LogP contribution is 2.32. The lowest BCUT2D eigenvalue weighted by molar-refractivity contribution is 0.275. The van der Waals surface area contributed by atoms with Gasteiger partial charge in [0, 0.05) is 12.0 Å². The van der Waals surface area contributed by atoms with Crippen LogP contribution in [-0.4, -0.2) is 18.7 Å². The molecule has 1 heterocycles. The van der Waals surface area contributed by atoms with Gasteiger partial charge in [0.25, 0.3) is 0 Å². The molecule has 15 heavy (non-hydrogen) atoms. The van der Waals surface area contributed by atoms with E-state index in [0.29, 0.717) is 27.8 Å². The van der Waals surface area contributed by atoms with E-state index in [1.54, 1.807) is 6.07 Å². The van der Waals surface area contributed by atoms with E-state index in [0.717, 1.165) is 12.1 Å². The fourth-order valence-electron chi connectivity index (χ4n) is 1.66. The maximum absolute atomic E-state index is 9.57. The van der Waals surface area contributed by atoms with Crippen molar-refractivity contribution in [2.75, 3.05) is 11.9 Å². The second-order valence-electron chi connectivity index (χ2n) is 3.31. The molecule has 0 atom stereocenters. The van der Waals surface area contributed by atoms with Gasteiger partial charge in [-0.1, -0.05) is 23.2 Å². The monoisotopic (exact) mass is 245 g/mol. The summed E-state index contributed by atoms with van der Waals surface area (Å²) >= 11 is 12.2. The molecule has 0 spiro atoms. The maximum atomic E-state index is 9.57. The second kappa shape index (κ2) is 4.22. The van der Waals surface area contributed by atoms with Crippen LogP contribution in [0.5, 0.6) is 0 Å². The summed E-state index contributed by atoms with van der Waals surface area (Å²) in [6.45, 7) is 3.02. The lowest BCUT2D eigenvalue weighted by atomic mass is 9.79. The Morgan fingerprint density at radius 1 is 1.60 bits per heavy atom. The van der Waals surface area contributed by atoms with Gasteiger partial charge in [0.1, 0.15) is 0 Å². The molecule has 1 aliphatic rings. The molecule has 0 fully saturated rings. The summed E-state index contributed by atoms with van der Waals surface area (Å²) in [7, 11) is -0.942. The van der Waals surface area contributed by atoms with Gasteiger partial charge in [-0.25, -0.2) is 0 Å². The van der Waals surface area contributed by atoms with Crippen molar-refractivity contribution in [2.45, 2.75) is 13.5 Å². The van der Waals surface area contributed by atoms with Crippen LogP contribution in [0.2, 0.25) is 10.0 Å². The number of nitrogens with one attached hydrogen (secondary N) is 1. The Kier molecular flexibility index (Phi) is 3.12. The summed E-state index contributed by atoms with van der Waals surface area (Å²) in [5, 5.41) is 13.6. The molecule has 0 aliphatic carbocycles. The summed E-state index contributed by atoms with van der Waals surface area (Å²) in [6, 6.07) is 1.77. The molecule has 2 N–H and O–H groups in total. The van der Waals surface area contributed by atoms with E-state index in [9.17, 15) is 5.02 Å². The highest BCUT2D eigenvalue weighted by atomic mass is 35.5. The number of hydrogen-bond acceptors (Lipinski definition) is 3. The van der Waals surface area contributed by atoms with Gasteiger partial charge in [-0.05, 0) is 18.6 Å². The molecule has 2 rings (SSSR count). The van der Waals surface area contributed by atoms with E-state index in [4.69, 9.17) is 27.9 Å². The molecule has 0 aromatic heterocycles. The number of anilines is 1. The van der Waals surface area contributed by atoms with Gasteiger partial charge in [-0.2, -0.15) is 0 Å². The zero-order valence-corrected chi connectivity index (χ0v) is 9.69. The molecule has 0 radical (unpaired) electrons. The maximum Gasteiger partial charge on any atom is 0.493 e. The second-order valence-corrected chi connectivity index (χ2v) is 4.10. The third kappa shape index (κ3) is 1.83. The van der Waals surface area contributed by atoms with Crippen LogP contribution >= 0.6 is 23.2 Å². The SMILES string of the molecule is CCNc1c(Cl)cc2c(c1Cl)B(O)OC2. The van der Waals surface area contributed by atoms with Crippen molar-refractivity contribution in [3.63, 3.8) is 0 Å². The van der Waals surface area contributed by atoms with Crippen LogP contribution in [0, 0.1) is 0 Å². The molecular formula is C9H10BCl2NO2. The molecule has 6 heteroatoms. The fraction of sp³-hybridized carbons (Fsp3) is 0.333. The zero-order valence-electron chi connectivity index (χ0n) is 8.18. The van der Waals surface area contributed by atoms with Gasteiger partial charge in [0.15, 0.2) is 0 Å². The summed E-state index contributed by atoms with van der Waals surface area (Å²) in [4.78, 5) is 0. The van der Waals surface area contributed by atoms with E-state index in [-0.39, 0.29) is 0 Å². The first-order valence-electron chi connectivity index (χ1n) is 4.69. The van der Waals surface area contributed by atoms with Crippen LogP contribution in [0.1, 0.15) is 12.5 Å². The van der Waals surface area contributed by atoms with Crippen molar-refractivity contribution in [1.82, 2.24) is 0 Å². The predicted octanol–water partition coefficient (Wildman–Crippen LogP) is 1.64. The molecule has 1 aromatic rings. The van der Waals surface area contributed by atoms with Gasteiger partial charge in [0.2, 0.25) is 0 Å². The van der Waals surface area contributed by atoms with E-state index < -0.39 is 7.12 Å². The summed E-state index contributed by atoms with van der Waals surface area (Å²) in [5.74, 6) is 0. The first kappa shape index (κ1) is 11.1. The Morgan fingerprint density at radius 2 is 2.33 bits per heavy atom. The van der Waals surface area contributed by atoms with Crippen LogP contribution in [0.15, 0.2) is 6.07 Å². The van der Waals surface area contributed by atoms with Crippen LogP contribution in [0.3, 0.4) is 0 Å². The Hall–Kier alpha value is -0.415. The minimum atomic E-state index is -0.942. The van der Waals surface area contributed by atoms with Crippen molar-refractivity contribution >= 4 is 41.5 Å². The lowest BCUT2D eigenvalue weighted by Gasteiger charge is -2.12. The molecule has 0 saturated heterocycles. The first-order valence-corrected chi connectivity index (χ1v) is 5.45. The van der Waals surface area contributed by atoms with Crippen molar-refractivity contribution < 1.29 is 9.68 Å². The summed E-state index contributed by atoms with van der Waals surface area (Å²) in [6.07, 6.45) is 0. The van der Waals surface area contributed by atoms with Crippen molar-refractivity contribution in [3.8, 4) is 0 Å². The molecule has 0 bridgehead atoms. The van der Waals surface area contributed by atoms with Crippen LogP contribution in [0.25, 0.3) is 0 Å². The minimum absolute atomic E-state index is 0.350. The Labute approximate surface area is 98.5 Å². The third-order valence-electron chi connectivity index (χ3n) is 2.34. The number of fused-ring (bicyclic) bond motifs is 1. The number of halogens is 2. The van der Waals surface area contributed by atoms with E-state index in [1.165, 1.54) is 0 Å². The van der Waals surface area contributed by atoms with Crippen LogP contribution < -0.4 is 10.8 Å². The number of benzene rings is 1. The minimum Gasteiger partial charge on any atom is -0.423 e. The smallest absolute Gasteiger partial charge is 0.423 e. The molecular weight excluding hydrogens is 236 g/mol. The molecule has 3 nitrogen and oxygen atoms in total. The Bertz CT molecular complexity index is 400. The molecule has 0 saturated carbocycles. The van der Waals surface area contributed by atoms with Crippen LogP contribution in [0.4, 0.5) is 5.69 Å². The van der Waals surface area contributed by atoms with Crippen molar-refractivity contribution in [2.24, 2.45) is 0 Å². The molecule has 0 amide bonds. The summed E-state index contributed by atoms with van der Waals surface area (Å²) in [5.41, 5.74) is 2.13. The van der Waals surface area contributed by atoms with Crippen molar-refractivity contribution in [1.29, 1.82) is 0 Å². The third-order valence-corrected chi connectivity index (χ3v) is 3.03. The quantitative estimate of drug-likeness (QED) is 0.779. The first-order chi connectivity index (χ1) is 7.15. The topological polar surface area (TPSA) is 41.5 Å². The number of rotatable bonds is 2. The normalized spacial score (nSPS) is 14.3. The van der Waals surface area contributed by atoms with Gasteiger partial charge < -0.3 is 15.0 Å². The molecule has 1 aliphatic heterocycles. The Morgan fingerprint density at radius 3 is 3.00 bits per heavy atom. The standard InChI is InChI=1S/C9H10BCl2NO2/c1-2-13-9-6(11)3-5-4-15-10(14)7(5)8(9)12/h3,13-14H,2,4H2,1H3. The van der Waals surface area contributed by atoms with Gasteiger partial charge in [-0.15, -0.1) is 0 Å². The fourth-order valence-corrected chi connectivity index (χ4v) is 2.39.